The highest BCUT2D eigenvalue weighted by Crippen LogP contribution is 2.52. The molecule has 0 aliphatic heterocycles. The van der Waals surface area contributed by atoms with E-state index in [2.05, 4.69) is 0 Å². The fraction of sp³-hybridized carbons (Fsp3) is 0.250. The quantitative estimate of drug-likeness (QED) is 0.148. The maximum Gasteiger partial charge on any atom is 0.345 e. The van der Waals surface area contributed by atoms with Crippen molar-refractivity contribution in [1.29, 1.82) is 0 Å². The van der Waals surface area contributed by atoms with Gasteiger partial charge in [0.05, 0.1) is 5.92 Å². The molecule has 0 saturated carbocycles. The first kappa shape index (κ1) is 27.1. The first-order valence-electron chi connectivity index (χ1n) is 12.0. The second-order valence-electron chi connectivity index (χ2n) is 9.39. The molecule has 0 saturated heterocycles. The minimum atomic E-state index is -1.60. The van der Waals surface area contributed by atoms with E-state index in [1.165, 1.54) is 42.5 Å². The highest BCUT2D eigenvalue weighted by atomic mass is 16.6. The second-order valence-corrected chi connectivity index (χ2v) is 9.39. The number of carboxylic acids is 2. The van der Waals surface area contributed by atoms with Crippen LogP contribution in [-0.4, -0.2) is 59.8 Å². The average Bonchev–Trinajstić information content (AvgIpc) is 3.29. The Kier molecular flexibility index (Phi) is 7.52. The van der Waals surface area contributed by atoms with Crippen molar-refractivity contribution in [3.05, 3.63) is 82.7 Å². The van der Waals surface area contributed by atoms with Crippen molar-refractivity contribution in [3.8, 4) is 23.0 Å². The highest BCUT2D eigenvalue weighted by molar-refractivity contribution is 5.85. The molecule has 0 fully saturated rings. The predicted molar refractivity (Wildman–Crippen MR) is 134 cm³/mol. The van der Waals surface area contributed by atoms with Gasteiger partial charge in [0, 0.05) is 24.3 Å². The van der Waals surface area contributed by atoms with Gasteiger partial charge >= 0.3 is 17.9 Å². The molecule has 2 aliphatic carbocycles. The molecule has 2 aromatic carbocycles. The van der Waals surface area contributed by atoms with E-state index in [0.717, 1.165) is 12.1 Å². The monoisotopic (exact) mass is 538 g/mol. The number of benzene rings is 2. The lowest BCUT2D eigenvalue weighted by atomic mass is 9.79. The molecule has 11 heteroatoms. The molecule has 11 nitrogen and oxygen atoms in total. The molecular formula is C28H26O11. The van der Waals surface area contributed by atoms with Crippen LogP contribution in [0.25, 0.3) is 0 Å². The van der Waals surface area contributed by atoms with E-state index in [9.17, 15) is 50.1 Å². The molecule has 0 spiro atoms. The van der Waals surface area contributed by atoms with Gasteiger partial charge in [0.1, 0.15) is 5.76 Å². The summed E-state index contributed by atoms with van der Waals surface area (Å²) in [6.45, 7) is 0. The van der Waals surface area contributed by atoms with Gasteiger partial charge in [0.15, 0.2) is 23.0 Å². The smallest absolute Gasteiger partial charge is 0.345 e. The lowest BCUT2D eigenvalue weighted by Crippen LogP contribution is -2.28. The van der Waals surface area contributed by atoms with Crippen LogP contribution in [0.3, 0.4) is 0 Å². The van der Waals surface area contributed by atoms with Gasteiger partial charge in [-0.25, -0.2) is 9.59 Å². The molecule has 4 atom stereocenters. The normalized spacial score (nSPS) is 21.3. The van der Waals surface area contributed by atoms with Crippen LogP contribution in [0, 0.1) is 11.8 Å². The third-order valence-electron chi connectivity index (χ3n) is 6.94. The Hall–Kier alpha value is -4.93. The van der Waals surface area contributed by atoms with Crippen LogP contribution < -0.4 is 0 Å². The molecule has 204 valence electrons. The van der Waals surface area contributed by atoms with E-state index in [-0.39, 0.29) is 36.5 Å². The van der Waals surface area contributed by atoms with Crippen molar-refractivity contribution >= 4 is 17.9 Å². The summed E-state index contributed by atoms with van der Waals surface area (Å²) in [4.78, 5) is 36.6. The number of aromatic hydroxyl groups is 4. The summed E-state index contributed by atoms with van der Waals surface area (Å²) in [6, 6.07) is 7.73. The molecule has 0 aromatic heterocycles. The fourth-order valence-corrected chi connectivity index (χ4v) is 5.09. The number of hydrogen-bond acceptors (Lipinski definition) is 9. The molecule has 0 radical (unpaired) electrons. The number of aliphatic hydroxyl groups excluding tert-OH is 1. The minimum absolute atomic E-state index is 0.0722. The number of aliphatic hydroxyl groups is 1. The Labute approximate surface area is 221 Å². The molecule has 7 N–H and O–H groups in total. The van der Waals surface area contributed by atoms with Gasteiger partial charge in [-0.05, 0) is 65.5 Å². The minimum Gasteiger partial charge on any atom is -0.508 e. The predicted octanol–water partition coefficient (Wildman–Crippen LogP) is 3.25. The van der Waals surface area contributed by atoms with Crippen molar-refractivity contribution in [2.45, 2.75) is 31.3 Å². The number of carbonyl (C=O) groups excluding carboxylic acids is 1. The zero-order valence-corrected chi connectivity index (χ0v) is 20.4. The molecule has 2 aliphatic rings. The van der Waals surface area contributed by atoms with Gasteiger partial charge in [-0.1, -0.05) is 18.2 Å². The highest BCUT2D eigenvalue weighted by Gasteiger charge is 2.45. The van der Waals surface area contributed by atoms with Crippen LogP contribution in [0.4, 0.5) is 0 Å². The maximum atomic E-state index is 12.5. The SMILES string of the molecule is O=C(/C=C/C1CC=C(O)C2=C1[C@H](C(=O)O)[C@@H](c1ccc(O)c(O)c1)C2)O[C@@H](Cc1ccc(O)c(O)c1)C(=O)O. The van der Waals surface area contributed by atoms with Crippen molar-refractivity contribution in [2.75, 3.05) is 0 Å². The number of phenols is 4. The van der Waals surface area contributed by atoms with Crippen LogP contribution in [0.1, 0.15) is 29.9 Å². The Morgan fingerprint density at radius 1 is 0.923 bits per heavy atom. The van der Waals surface area contributed by atoms with Crippen LogP contribution in [0.15, 0.2) is 71.5 Å². The number of rotatable bonds is 8. The first-order chi connectivity index (χ1) is 18.5. The summed E-state index contributed by atoms with van der Waals surface area (Å²) in [5.41, 5.74) is 1.55. The maximum absolute atomic E-state index is 12.5. The van der Waals surface area contributed by atoms with Crippen molar-refractivity contribution < 1.29 is 54.9 Å². The summed E-state index contributed by atoms with van der Waals surface area (Å²) in [7, 11) is 0. The average molecular weight is 539 g/mol. The molecule has 0 amide bonds. The summed E-state index contributed by atoms with van der Waals surface area (Å²) in [6.07, 6.45) is 2.37. The third kappa shape index (κ3) is 5.66. The van der Waals surface area contributed by atoms with Gasteiger partial charge in [-0.3, -0.25) is 4.79 Å². The zero-order chi connectivity index (χ0) is 28.4. The largest absolute Gasteiger partial charge is 0.508 e. The van der Waals surface area contributed by atoms with Crippen LogP contribution in [0.2, 0.25) is 0 Å². The lowest BCUT2D eigenvalue weighted by molar-refractivity contribution is -0.160. The fourth-order valence-electron chi connectivity index (χ4n) is 5.09. The number of esters is 1. The van der Waals surface area contributed by atoms with Crippen molar-refractivity contribution in [3.63, 3.8) is 0 Å². The molecule has 2 aromatic rings. The number of ether oxygens (including phenoxy) is 1. The van der Waals surface area contributed by atoms with Crippen LogP contribution in [0.5, 0.6) is 23.0 Å². The van der Waals surface area contributed by atoms with Crippen molar-refractivity contribution in [1.82, 2.24) is 0 Å². The molecule has 0 heterocycles. The van der Waals surface area contributed by atoms with E-state index in [4.69, 9.17) is 4.74 Å². The van der Waals surface area contributed by atoms with Gasteiger partial charge in [0.2, 0.25) is 6.10 Å². The number of aliphatic carboxylic acids is 2. The number of hydrogen-bond donors (Lipinski definition) is 7. The molecule has 39 heavy (non-hydrogen) atoms. The Morgan fingerprint density at radius 2 is 1.59 bits per heavy atom. The summed E-state index contributed by atoms with van der Waals surface area (Å²) >= 11 is 0. The third-order valence-corrected chi connectivity index (χ3v) is 6.94. The number of carboxylic acid groups (broad SMARTS) is 2. The van der Waals surface area contributed by atoms with E-state index >= 15 is 0 Å². The van der Waals surface area contributed by atoms with Gasteiger partial charge in [0.25, 0.3) is 0 Å². The second kappa shape index (κ2) is 10.8. The summed E-state index contributed by atoms with van der Waals surface area (Å²) < 4.78 is 5.08. The number of allylic oxidation sites excluding steroid dienone is 3. The van der Waals surface area contributed by atoms with Crippen LogP contribution in [-0.2, 0) is 25.5 Å². The van der Waals surface area contributed by atoms with Gasteiger partial charge in [-0.15, -0.1) is 0 Å². The van der Waals surface area contributed by atoms with E-state index in [1.807, 2.05) is 0 Å². The van der Waals surface area contributed by atoms with Crippen molar-refractivity contribution in [2.24, 2.45) is 11.8 Å². The summed E-state index contributed by atoms with van der Waals surface area (Å²) in [5, 5.41) is 68.7. The van der Waals surface area contributed by atoms with Gasteiger partial charge in [-0.2, -0.15) is 0 Å². The topological polar surface area (TPSA) is 202 Å². The van der Waals surface area contributed by atoms with Crippen LogP contribution >= 0.6 is 0 Å². The van der Waals surface area contributed by atoms with Gasteiger partial charge < -0.3 is 40.5 Å². The number of phenolic OH excluding ortho intramolecular Hbond substituents is 4. The Balaban J connectivity index is 1.54. The van der Waals surface area contributed by atoms with E-state index in [0.29, 0.717) is 22.3 Å². The molecule has 0 bridgehead atoms. The molecule has 1 unspecified atom stereocenters. The number of carbonyl (C=O) groups is 3. The van der Waals surface area contributed by atoms with E-state index < -0.39 is 53.3 Å². The molecule has 4 rings (SSSR count). The zero-order valence-electron chi connectivity index (χ0n) is 20.4. The Bertz CT molecular complexity index is 1420. The Morgan fingerprint density at radius 3 is 2.21 bits per heavy atom. The summed E-state index contributed by atoms with van der Waals surface area (Å²) in [5.74, 6) is -7.63. The first-order valence-corrected chi connectivity index (χ1v) is 12.0. The lowest BCUT2D eigenvalue weighted by Gasteiger charge is -2.25. The molecular weight excluding hydrogens is 512 g/mol. The van der Waals surface area contributed by atoms with E-state index in [1.54, 1.807) is 0 Å². The standard InChI is InChI=1S/C28H26O11/c29-18-6-2-14(4-8-24(34)39-23(27(35)36)10-13-1-5-19(30)21(32)9-13)25-17(18)12-16(26(25)28(37)38)15-3-7-20(31)22(33)11-15/h1,3-9,11,14,16,23,26,29-33H,2,10,12H2,(H,35,36)(H,37,38)/b8-4+/t14?,16-,23+,26-/m1/s1.